The second-order valence-electron chi connectivity index (χ2n) is 5.99. The fraction of sp³-hybridized carbons (Fsp3) is 0.556. The van der Waals surface area contributed by atoms with Crippen LogP contribution in [0.5, 0.6) is 0 Å². The summed E-state index contributed by atoms with van der Waals surface area (Å²) in [6, 6.07) is 8.17. The van der Waals surface area contributed by atoms with Crippen molar-refractivity contribution in [3.05, 3.63) is 29.8 Å². The lowest BCUT2D eigenvalue weighted by Crippen LogP contribution is -2.40. The molecule has 1 rings (SSSR count). The van der Waals surface area contributed by atoms with E-state index in [1.807, 2.05) is 45.0 Å². The van der Waals surface area contributed by atoms with Crippen LogP contribution in [-0.2, 0) is 11.3 Å². The Labute approximate surface area is 140 Å². The Kier molecular flexibility index (Phi) is 8.16. The first-order valence-corrected chi connectivity index (χ1v) is 8.40. The third kappa shape index (κ3) is 7.17. The van der Waals surface area contributed by atoms with E-state index in [0.29, 0.717) is 12.6 Å². The largest absolute Gasteiger partial charge is 0.357 e. The maximum atomic E-state index is 12.0. The molecule has 0 aliphatic rings. The Morgan fingerprint density at radius 2 is 1.96 bits per heavy atom. The predicted octanol–water partition coefficient (Wildman–Crippen LogP) is 3.13. The molecule has 0 radical (unpaired) electrons. The Hall–Kier alpha value is -2.04. The van der Waals surface area contributed by atoms with Crippen molar-refractivity contribution in [2.24, 2.45) is 10.9 Å². The molecule has 1 aromatic rings. The monoisotopic (exact) mass is 318 g/mol. The molecule has 0 aliphatic heterocycles. The summed E-state index contributed by atoms with van der Waals surface area (Å²) in [5.74, 6) is 0.881. The van der Waals surface area contributed by atoms with Gasteiger partial charge in [-0.1, -0.05) is 26.0 Å². The van der Waals surface area contributed by atoms with Gasteiger partial charge in [-0.2, -0.15) is 0 Å². The first-order chi connectivity index (χ1) is 11.0. The minimum Gasteiger partial charge on any atom is -0.357 e. The molecule has 0 bridgehead atoms. The van der Waals surface area contributed by atoms with Gasteiger partial charge in [-0.05, 0) is 44.9 Å². The van der Waals surface area contributed by atoms with Gasteiger partial charge in [0.05, 0.1) is 6.54 Å². The average Bonchev–Trinajstić information content (AvgIpc) is 2.52. The van der Waals surface area contributed by atoms with Crippen LogP contribution in [0, 0.1) is 5.92 Å². The lowest BCUT2D eigenvalue weighted by molar-refractivity contribution is -0.119. The molecule has 1 atom stereocenters. The van der Waals surface area contributed by atoms with Crippen molar-refractivity contribution in [2.45, 2.75) is 53.6 Å². The van der Waals surface area contributed by atoms with Gasteiger partial charge in [0.15, 0.2) is 5.96 Å². The first kappa shape index (κ1) is 19.0. The molecule has 0 spiro atoms. The van der Waals surface area contributed by atoms with Crippen molar-refractivity contribution in [3.63, 3.8) is 0 Å². The predicted molar refractivity (Wildman–Crippen MR) is 97.6 cm³/mol. The molecule has 0 aliphatic carbocycles. The van der Waals surface area contributed by atoms with Crippen molar-refractivity contribution in [3.8, 4) is 0 Å². The minimum absolute atomic E-state index is 0.0206. The number of hydrogen-bond acceptors (Lipinski definition) is 2. The van der Waals surface area contributed by atoms with Gasteiger partial charge in [0.2, 0.25) is 5.91 Å². The fourth-order valence-electron chi connectivity index (χ4n) is 1.96. The lowest BCUT2D eigenvalue weighted by atomic mass is 10.1. The number of rotatable bonds is 7. The normalized spacial score (nSPS) is 12.9. The molecule has 23 heavy (non-hydrogen) atoms. The molecule has 1 unspecified atom stereocenters. The molecule has 0 saturated carbocycles. The number of nitrogens with one attached hydrogen (secondary N) is 3. The minimum atomic E-state index is 0.0206. The Morgan fingerprint density at radius 1 is 1.22 bits per heavy atom. The number of hydrogen-bond donors (Lipinski definition) is 3. The summed E-state index contributed by atoms with van der Waals surface area (Å²) in [6.45, 7) is 11.5. The molecule has 0 saturated heterocycles. The van der Waals surface area contributed by atoms with Crippen LogP contribution in [0.4, 0.5) is 5.69 Å². The van der Waals surface area contributed by atoms with E-state index in [1.54, 1.807) is 0 Å². The Bertz CT molecular complexity index is 526. The van der Waals surface area contributed by atoms with Crippen molar-refractivity contribution in [2.75, 3.05) is 11.9 Å². The van der Waals surface area contributed by atoms with Crippen molar-refractivity contribution in [1.29, 1.82) is 0 Å². The summed E-state index contributed by atoms with van der Waals surface area (Å²) in [5.41, 5.74) is 1.89. The third-order valence-corrected chi connectivity index (χ3v) is 3.44. The van der Waals surface area contributed by atoms with Crippen LogP contribution in [-0.4, -0.2) is 24.5 Å². The average molecular weight is 318 g/mol. The number of anilines is 1. The number of nitrogens with zero attached hydrogens (tertiary/aromatic N) is 1. The van der Waals surface area contributed by atoms with Crippen molar-refractivity contribution < 1.29 is 4.79 Å². The summed E-state index contributed by atoms with van der Waals surface area (Å²) in [4.78, 5) is 16.5. The summed E-state index contributed by atoms with van der Waals surface area (Å²) in [7, 11) is 0. The molecule has 1 amide bonds. The van der Waals surface area contributed by atoms with E-state index in [2.05, 4.69) is 34.8 Å². The molecule has 1 aromatic carbocycles. The number of amides is 1. The third-order valence-electron chi connectivity index (χ3n) is 3.44. The zero-order valence-electron chi connectivity index (χ0n) is 14.9. The van der Waals surface area contributed by atoms with E-state index in [1.165, 1.54) is 0 Å². The Morgan fingerprint density at radius 3 is 2.57 bits per heavy atom. The molecule has 0 heterocycles. The van der Waals surface area contributed by atoms with Gasteiger partial charge >= 0.3 is 0 Å². The van der Waals surface area contributed by atoms with Crippen LogP contribution in [0.15, 0.2) is 29.3 Å². The zero-order valence-corrected chi connectivity index (χ0v) is 14.9. The van der Waals surface area contributed by atoms with E-state index >= 15 is 0 Å². The zero-order chi connectivity index (χ0) is 17.2. The van der Waals surface area contributed by atoms with Gasteiger partial charge < -0.3 is 16.0 Å². The summed E-state index contributed by atoms with van der Waals surface area (Å²) in [6.07, 6.45) is 0.836. The molecular weight excluding hydrogens is 288 g/mol. The van der Waals surface area contributed by atoms with Gasteiger partial charge in [0.1, 0.15) is 0 Å². The second-order valence-corrected chi connectivity index (χ2v) is 5.99. The van der Waals surface area contributed by atoms with Gasteiger partial charge in [-0.25, -0.2) is 4.99 Å². The van der Waals surface area contributed by atoms with Crippen molar-refractivity contribution >= 4 is 17.6 Å². The summed E-state index contributed by atoms with van der Waals surface area (Å²) < 4.78 is 0. The topological polar surface area (TPSA) is 65.5 Å². The highest BCUT2D eigenvalue weighted by atomic mass is 16.1. The van der Waals surface area contributed by atoms with Crippen LogP contribution < -0.4 is 16.0 Å². The van der Waals surface area contributed by atoms with Crippen LogP contribution in [0.3, 0.4) is 0 Å². The highest BCUT2D eigenvalue weighted by Gasteiger charge is 2.10. The van der Waals surface area contributed by atoms with E-state index in [-0.39, 0.29) is 11.8 Å². The lowest BCUT2D eigenvalue weighted by Gasteiger charge is -2.14. The van der Waals surface area contributed by atoms with Crippen LogP contribution in [0.1, 0.15) is 46.6 Å². The maximum Gasteiger partial charge on any atom is 0.227 e. The Balaban J connectivity index is 2.74. The van der Waals surface area contributed by atoms with Gasteiger partial charge in [0.25, 0.3) is 0 Å². The molecule has 0 fully saturated rings. The second kappa shape index (κ2) is 9.87. The number of aliphatic imine (C=N–C) groups is 1. The van der Waals surface area contributed by atoms with E-state index in [9.17, 15) is 4.79 Å². The maximum absolute atomic E-state index is 12.0. The van der Waals surface area contributed by atoms with Gasteiger partial charge in [-0.15, -0.1) is 0 Å². The number of carbonyl (C=O) groups is 1. The van der Waals surface area contributed by atoms with E-state index in [4.69, 9.17) is 0 Å². The highest BCUT2D eigenvalue weighted by molar-refractivity contribution is 5.92. The molecule has 3 N–H and O–H groups in total. The van der Waals surface area contributed by atoms with Crippen LogP contribution >= 0.6 is 0 Å². The summed E-state index contributed by atoms with van der Waals surface area (Å²) in [5, 5.41) is 9.47. The quantitative estimate of drug-likeness (QED) is 0.534. The molecular formula is C18H30N4O. The van der Waals surface area contributed by atoms with Crippen LogP contribution in [0.2, 0.25) is 0 Å². The standard InChI is InChI=1S/C18H30N4O/c1-6-14(5)17(23)22-16-10-8-9-15(11-16)12-20-18(19-7-2)21-13(3)4/h8-11,13-14H,6-7,12H2,1-5H3,(H,22,23)(H2,19,20,21). The van der Waals surface area contributed by atoms with Crippen molar-refractivity contribution in [1.82, 2.24) is 10.6 Å². The number of carbonyl (C=O) groups excluding carboxylic acids is 1. The fourth-order valence-corrected chi connectivity index (χ4v) is 1.96. The summed E-state index contributed by atoms with van der Waals surface area (Å²) >= 11 is 0. The highest BCUT2D eigenvalue weighted by Crippen LogP contribution is 2.13. The van der Waals surface area contributed by atoms with Gasteiger partial charge in [0, 0.05) is 24.2 Å². The molecule has 128 valence electrons. The number of guanidine groups is 1. The molecule has 0 aromatic heterocycles. The molecule has 5 heteroatoms. The van der Waals surface area contributed by atoms with Gasteiger partial charge in [-0.3, -0.25) is 4.79 Å². The van der Waals surface area contributed by atoms with Crippen LogP contribution in [0.25, 0.3) is 0 Å². The molecule has 5 nitrogen and oxygen atoms in total. The number of benzene rings is 1. The van der Waals surface area contributed by atoms with E-state index in [0.717, 1.165) is 30.2 Å². The van der Waals surface area contributed by atoms with E-state index < -0.39 is 0 Å². The first-order valence-electron chi connectivity index (χ1n) is 8.40. The smallest absolute Gasteiger partial charge is 0.227 e. The SMILES string of the molecule is CCNC(=NCc1cccc(NC(=O)C(C)CC)c1)NC(C)C.